The molecule has 0 bridgehead atoms. The van der Waals surface area contributed by atoms with Gasteiger partial charge in [0, 0.05) is 20.1 Å². The second-order valence-corrected chi connectivity index (χ2v) is 7.18. The van der Waals surface area contributed by atoms with Crippen molar-refractivity contribution in [2.24, 2.45) is 18.9 Å². The van der Waals surface area contributed by atoms with Gasteiger partial charge in [0.2, 0.25) is 5.95 Å². The van der Waals surface area contributed by atoms with Crippen LogP contribution in [-0.4, -0.2) is 22.6 Å². The minimum Gasteiger partial charge on any atom is -0.342 e. The van der Waals surface area contributed by atoms with E-state index in [1.165, 1.54) is 25.7 Å². The molecule has 23 heavy (non-hydrogen) atoms. The van der Waals surface area contributed by atoms with Crippen LogP contribution < -0.4 is 4.90 Å². The summed E-state index contributed by atoms with van der Waals surface area (Å²) in [6.45, 7) is 4.67. The average Bonchev–Trinajstić information content (AvgIpc) is 2.91. The maximum atomic E-state index is 9.33. The van der Waals surface area contributed by atoms with Crippen LogP contribution in [0.25, 0.3) is 11.0 Å². The molecule has 1 aromatic heterocycles. The van der Waals surface area contributed by atoms with Crippen LogP contribution in [0, 0.1) is 23.2 Å². The standard InChI is InChI=1S/C19H26N4/c1-13(2)14-8-10-16(11-9-14)22(3)19-21-17-7-5-6-15(12-20)18(17)23(19)4/h5-7,13-14,16H,8-11H2,1-4H3. The van der Waals surface area contributed by atoms with Gasteiger partial charge in [-0.15, -0.1) is 0 Å². The molecule has 0 amide bonds. The van der Waals surface area contributed by atoms with Crippen molar-refractivity contribution < 1.29 is 0 Å². The SMILES string of the molecule is CC(C)C1CCC(N(C)c2nc3cccc(C#N)c3n2C)CC1. The quantitative estimate of drug-likeness (QED) is 0.857. The average molecular weight is 310 g/mol. The number of nitrogens with zero attached hydrogens (tertiary/aromatic N) is 4. The largest absolute Gasteiger partial charge is 0.342 e. The van der Waals surface area contributed by atoms with Crippen LogP contribution >= 0.6 is 0 Å². The molecule has 0 N–H and O–H groups in total. The zero-order valence-electron chi connectivity index (χ0n) is 14.6. The number of imidazole rings is 1. The maximum Gasteiger partial charge on any atom is 0.206 e. The minimum atomic E-state index is 0.547. The van der Waals surface area contributed by atoms with Gasteiger partial charge in [0.1, 0.15) is 6.07 Å². The van der Waals surface area contributed by atoms with E-state index in [9.17, 15) is 5.26 Å². The summed E-state index contributed by atoms with van der Waals surface area (Å²) in [6.07, 6.45) is 5.07. The maximum absolute atomic E-state index is 9.33. The van der Waals surface area contributed by atoms with Crippen LogP contribution in [0.5, 0.6) is 0 Å². The molecule has 1 saturated carbocycles. The van der Waals surface area contributed by atoms with E-state index >= 15 is 0 Å². The Morgan fingerprint density at radius 2 is 1.96 bits per heavy atom. The molecule has 0 aliphatic heterocycles. The van der Waals surface area contributed by atoms with E-state index in [4.69, 9.17) is 4.98 Å². The first kappa shape index (κ1) is 15.9. The minimum absolute atomic E-state index is 0.547. The highest BCUT2D eigenvalue weighted by atomic mass is 15.3. The van der Waals surface area contributed by atoms with Crippen molar-refractivity contribution in [2.45, 2.75) is 45.6 Å². The molecule has 4 heteroatoms. The molecule has 3 rings (SSSR count). The van der Waals surface area contributed by atoms with E-state index < -0.39 is 0 Å². The number of para-hydroxylation sites is 1. The van der Waals surface area contributed by atoms with E-state index in [0.717, 1.165) is 28.8 Å². The molecule has 0 saturated heterocycles. The molecule has 0 spiro atoms. The van der Waals surface area contributed by atoms with Crippen molar-refractivity contribution in [3.8, 4) is 6.07 Å². The predicted molar refractivity (Wildman–Crippen MR) is 94.4 cm³/mol. The van der Waals surface area contributed by atoms with Gasteiger partial charge in [-0.3, -0.25) is 0 Å². The lowest BCUT2D eigenvalue weighted by atomic mass is 9.79. The fourth-order valence-electron chi connectivity index (χ4n) is 3.98. The molecule has 1 heterocycles. The highest BCUT2D eigenvalue weighted by Crippen LogP contribution is 2.34. The van der Waals surface area contributed by atoms with Crippen LogP contribution in [0.3, 0.4) is 0 Å². The summed E-state index contributed by atoms with van der Waals surface area (Å²) in [5.41, 5.74) is 2.54. The normalized spacial score (nSPS) is 21.6. The molecule has 1 aliphatic rings. The number of hydrogen-bond acceptors (Lipinski definition) is 3. The van der Waals surface area contributed by atoms with Gasteiger partial charge in [0.15, 0.2) is 0 Å². The molecular weight excluding hydrogens is 284 g/mol. The Labute approximate surface area is 138 Å². The van der Waals surface area contributed by atoms with Gasteiger partial charge in [0.05, 0.1) is 16.6 Å². The van der Waals surface area contributed by atoms with E-state index in [2.05, 4.69) is 36.4 Å². The van der Waals surface area contributed by atoms with E-state index in [0.29, 0.717) is 11.6 Å². The first-order valence-electron chi connectivity index (χ1n) is 8.61. The monoisotopic (exact) mass is 310 g/mol. The van der Waals surface area contributed by atoms with Gasteiger partial charge in [-0.25, -0.2) is 4.98 Å². The summed E-state index contributed by atoms with van der Waals surface area (Å²) in [4.78, 5) is 7.11. The second-order valence-electron chi connectivity index (χ2n) is 7.18. The van der Waals surface area contributed by atoms with Gasteiger partial charge >= 0.3 is 0 Å². The molecule has 1 aromatic carbocycles. The van der Waals surface area contributed by atoms with Gasteiger partial charge in [-0.2, -0.15) is 5.26 Å². The summed E-state index contributed by atoms with van der Waals surface area (Å²) >= 11 is 0. The summed E-state index contributed by atoms with van der Waals surface area (Å²) in [5.74, 6) is 2.62. The number of anilines is 1. The third-order valence-corrected chi connectivity index (χ3v) is 5.54. The lowest BCUT2D eigenvalue weighted by Crippen LogP contribution is -2.37. The Hall–Kier alpha value is -2.02. The Morgan fingerprint density at radius 3 is 2.57 bits per heavy atom. The Morgan fingerprint density at radius 1 is 1.26 bits per heavy atom. The van der Waals surface area contributed by atoms with Crippen LogP contribution in [0.1, 0.15) is 45.1 Å². The van der Waals surface area contributed by atoms with Crippen molar-refractivity contribution >= 4 is 17.0 Å². The Bertz CT molecular complexity index is 730. The van der Waals surface area contributed by atoms with Gasteiger partial charge in [-0.05, 0) is 49.7 Å². The molecule has 4 nitrogen and oxygen atoms in total. The molecular formula is C19H26N4. The molecule has 2 aromatic rings. The Kier molecular flexibility index (Phi) is 4.30. The fourth-order valence-corrected chi connectivity index (χ4v) is 3.98. The van der Waals surface area contributed by atoms with Crippen molar-refractivity contribution in [1.82, 2.24) is 9.55 Å². The lowest BCUT2D eigenvalue weighted by Gasteiger charge is -2.36. The van der Waals surface area contributed by atoms with Gasteiger partial charge in [0.25, 0.3) is 0 Å². The molecule has 1 fully saturated rings. The van der Waals surface area contributed by atoms with Crippen molar-refractivity contribution in [2.75, 3.05) is 11.9 Å². The van der Waals surface area contributed by atoms with E-state index in [-0.39, 0.29) is 0 Å². The number of fused-ring (bicyclic) bond motifs is 1. The van der Waals surface area contributed by atoms with Gasteiger partial charge in [-0.1, -0.05) is 19.9 Å². The second kappa shape index (κ2) is 6.23. The third kappa shape index (κ3) is 2.81. The highest BCUT2D eigenvalue weighted by Gasteiger charge is 2.27. The van der Waals surface area contributed by atoms with Crippen molar-refractivity contribution in [3.63, 3.8) is 0 Å². The molecule has 1 aliphatic carbocycles. The van der Waals surface area contributed by atoms with E-state index in [1.54, 1.807) is 0 Å². The van der Waals surface area contributed by atoms with Crippen LogP contribution in [0.2, 0.25) is 0 Å². The Balaban J connectivity index is 1.86. The van der Waals surface area contributed by atoms with Crippen LogP contribution in [0.4, 0.5) is 5.95 Å². The summed E-state index contributed by atoms with van der Waals surface area (Å²) in [5, 5.41) is 9.33. The number of nitriles is 1. The van der Waals surface area contributed by atoms with Crippen molar-refractivity contribution in [3.05, 3.63) is 23.8 Å². The molecule has 122 valence electrons. The van der Waals surface area contributed by atoms with Crippen LogP contribution in [0.15, 0.2) is 18.2 Å². The zero-order valence-corrected chi connectivity index (χ0v) is 14.6. The number of rotatable bonds is 3. The number of benzene rings is 1. The smallest absolute Gasteiger partial charge is 0.206 e. The van der Waals surface area contributed by atoms with Crippen molar-refractivity contribution in [1.29, 1.82) is 5.26 Å². The summed E-state index contributed by atoms with van der Waals surface area (Å²) < 4.78 is 2.07. The van der Waals surface area contributed by atoms with Crippen LogP contribution in [-0.2, 0) is 7.05 Å². The number of hydrogen-bond donors (Lipinski definition) is 0. The van der Waals surface area contributed by atoms with E-state index in [1.807, 2.05) is 25.2 Å². The van der Waals surface area contributed by atoms with Gasteiger partial charge < -0.3 is 9.47 Å². The zero-order chi connectivity index (χ0) is 16.6. The predicted octanol–water partition coefficient (Wildman–Crippen LogP) is 4.10. The highest BCUT2D eigenvalue weighted by molar-refractivity contribution is 5.84. The topological polar surface area (TPSA) is 44.9 Å². The molecule has 0 radical (unpaired) electrons. The summed E-state index contributed by atoms with van der Waals surface area (Å²) in [6, 6.07) is 8.59. The fraction of sp³-hybridized carbons (Fsp3) is 0.579. The first-order chi connectivity index (χ1) is 11.0. The number of aromatic nitrogens is 2. The third-order valence-electron chi connectivity index (χ3n) is 5.54. The molecule has 0 atom stereocenters. The number of aryl methyl sites for hydroxylation is 1. The first-order valence-corrected chi connectivity index (χ1v) is 8.61. The lowest BCUT2D eigenvalue weighted by molar-refractivity contribution is 0.255. The molecule has 0 unspecified atom stereocenters. The summed E-state index contributed by atoms with van der Waals surface area (Å²) in [7, 11) is 4.16.